The van der Waals surface area contributed by atoms with Crippen molar-refractivity contribution in [2.75, 3.05) is 19.8 Å². The fourth-order valence-electron chi connectivity index (χ4n) is 6.27. The van der Waals surface area contributed by atoms with Crippen LogP contribution < -0.4 is 20.1 Å². The number of aromatic nitrogens is 1. The number of fused-ring (bicyclic) bond motifs is 3. The molecule has 49 heavy (non-hydrogen) atoms. The number of carbonyl (C=O) groups excluding carboxylic acids is 3. The van der Waals surface area contributed by atoms with Gasteiger partial charge in [0.05, 0.1) is 30.1 Å². The SMILES string of the molecule is CCOc1cc(O[C@@H]2C[C@H]3C(=O)N[C@]4(C(=O)O)C[C@@H]4/C=C\CCCC[C@H](NC(=O)OCCC(F)(F)F)CC(=O)N3C2)c2cccc(Cl)c2n1. The second kappa shape index (κ2) is 15.1. The summed E-state index contributed by atoms with van der Waals surface area (Å²) in [7, 11) is 0. The topological polar surface area (TPSA) is 156 Å². The quantitative estimate of drug-likeness (QED) is 0.315. The number of pyridine rings is 1. The van der Waals surface area contributed by atoms with Gasteiger partial charge in [-0.05, 0) is 44.7 Å². The Morgan fingerprint density at radius 2 is 2.04 bits per heavy atom. The molecule has 16 heteroatoms. The smallest absolute Gasteiger partial charge is 0.407 e. The molecule has 3 amide bonds. The van der Waals surface area contributed by atoms with Gasteiger partial charge in [0.15, 0.2) is 0 Å². The number of halogens is 4. The Balaban J connectivity index is 1.40. The maximum atomic E-state index is 13.9. The number of nitrogens with one attached hydrogen (secondary N) is 2. The summed E-state index contributed by atoms with van der Waals surface area (Å²) in [5, 5.41) is 16.2. The van der Waals surface area contributed by atoms with Gasteiger partial charge in [-0.15, -0.1) is 0 Å². The number of alkyl carbamates (subject to hydrolysis) is 1. The molecule has 1 saturated heterocycles. The van der Waals surface area contributed by atoms with Gasteiger partial charge in [0, 0.05) is 36.3 Å². The number of rotatable bonds is 8. The van der Waals surface area contributed by atoms with E-state index in [-0.39, 0.29) is 31.7 Å². The molecule has 0 unspecified atom stereocenters. The third-order valence-electron chi connectivity index (χ3n) is 8.85. The van der Waals surface area contributed by atoms with E-state index in [9.17, 15) is 37.5 Å². The third kappa shape index (κ3) is 8.86. The number of allylic oxidation sites excluding steroid dienone is 1. The van der Waals surface area contributed by atoms with Gasteiger partial charge in [-0.25, -0.2) is 14.6 Å². The van der Waals surface area contributed by atoms with Crippen LogP contribution in [0.15, 0.2) is 36.4 Å². The van der Waals surface area contributed by atoms with Gasteiger partial charge in [0.25, 0.3) is 0 Å². The summed E-state index contributed by atoms with van der Waals surface area (Å²) in [6, 6.07) is 4.81. The summed E-state index contributed by atoms with van der Waals surface area (Å²) in [6.45, 7) is 1.18. The van der Waals surface area contributed by atoms with Crippen LogP contribution in [0.3, 0.4) is 0 Å². The van der Waals surface area contributed by atoms with Gasteiger partial charge in [0.2, 0.25) is 17.7 Å². The Hall–Kier alpha value is -4.27. The monoisotopic (exact) mass is 710 g/mol. The zero-order valence-electron chi connectivity index (χ0n) is 26.8. The number of nitrogens with zero attached hydrogens (tertiary/aromatic N) is 2. The molecular weight excluding hydrogens is 673 g/mol. The molecular formula is C33H38ClF3N4O8. The van der Waals surface area contributed by atoms with Crippen molar-refractivity contribution < 1.29 is 51.7 Å². The minimum atomic E-state index is -4.50. The number of aliphatic carboxylic acids is 1. The second-order valence-corrected chi connectivity index (χ2v) is 12.8. The maximum absolute atomic E-state index is 13.9. The zero-order chi connectivity index (χ0) is 35.3. The first-order valence-electron chi connectivity index (χ1n) is 16.2. The third-order valence-corrected chi connectivity index (χ3v) is 9.15. The number of carbonyl (C=O) groups is 4. The molecule has 2 aliphatic heterocycles. The van der Waals surface area contributed by atoms with Crippen molar-refractivity contribution in [1.29, 1.82) is 0 Å². The van der Waals surface area contributed by atoms with Crippen LogP contribution in [0.25, 0.3) is 10.9 Å². The largest absolute Gasteiger partial charge is 0.488 e. The molecule has 266 valence electrons. The number of para-hydroxylation sites is 1. The van der Waals surface area contributed by atoms with Crippen molar-refractivity contribution in [2.45, 2.75) is 88.2 Å². The van der Waals surface area contributed by atoms with E-state index < -0.39 is 72.7 Å². The first-order chi connectivity index (χ1) is 23.3. The normalized spacial score (nSPS) is 26.8. The van der Waals surface area contributed by atoms with Crippen LogP contribution in [-0.2, 0) is 19.1 Å². The molecule has 5 rings (SSSR count). The van der Waals surface area contributed by atoms with Crippen LogP contribution in [0, 0.1) is 5.92 Å². The summed E-state index contributed by atoms with van der Waals surface area (Å²) < 4.78 is 54.4. The molecule has 0 spiro atoms. The van der Waals surface area contributed by atoms with Crippen molar-refractivity contribution in [3.63, 3.8) is 0 Å². The molecule has 12 nitrogen and oxygen atoms in total. The Bertz CT molecular complexity index is 1610. The predicted octanol–water partition coefficient (Wildman–Crippen LogP) is 5.16. The average molecular weight is 711 g/mol. The number of benzene rings is 1. The number of carboxylic acid groups (broad SMARTS) is 1. The van der Waals surface area contributed by atoms with E-state index in [4.69, 9.17) is 25.8 Å². The molecule has 1 aromatic carbocycles. The lowest BCUT2D eigenvalue weighted by atomic mass is 10.0. The number of ether oxygens (including phenoxy) is 3. The van der Waals surface area contributed by atoms with Crippen molar-refractivity contribution in [1.82, 2.24) is 20.5 Å². The number of amides is 3. The number of hydrogen-bond donors (Lipinski definition) is 3. The molecule has 3 heterocycles. The highest BCUT2D eigenvalue weighted by atomic mass is 35.5. The molecule has 1 aromatic heterocycles. The molecule has 2 fully saturated rings. The minimum absolute atomic E-state index is 0.0136. The van der Waals surface area contributed by atoms with Gasteiger partial charge in [0.1, 0.15) is 30.0 Å². The number of alkyl halides is 3. The number of hydrogen-bond acceptors (Lipinski definition) is 8. The highest BCUT2D eigenvalue weighted by Gasteiger charge is 2.61. The fraction of sp³-hybridized carbons (Fsp3) is 0.545. The molecule has 3 N–H and O–H groups in total. The standard InChI is InChI=1S/C33H38ClF3N4O8/c1-2-47-26-16-25(22-10-7-11-23(34)28(22)39-26)49-21-15-24-29(43)40-32(30(44)45)17-19(32)8-5-3-4-6-9-20(14-27(42)41(24)18-21)38-31(46)48-13-12-33(35,36)37/h5,7-8,10-11,16,19-21,24H,2-4,6,9,12-15,17-18H2,1H3,(H,38,46)(H,40,43)(H,44,45)/b8-5-/t19-,20-,21+,24-,32+/m0/s1. The molecule has 0 bridgehead atoms. The van der Waals surface area contributed by atoms with Crippen molar-refractivity contribution in [3.8, 4) is 11.6 Å². The van der Waals surface area contributed by atoms with Crippen LogP contribution in [0.1, 0.15) is 58.3 Å². The molecule has 1 saturated carbocycles. The van der Waals surface area contributed by atoms with Gasteiger partial charge < -0.3 is 34.9 Å². The van der Waals surface area contributed by atoms with Crippen molar-refractivity contribution in [2.24, 2.45) is 5.92 Å². The van der Waals surface area contributed by atoms with E-state index >= 15 is 0 Å². The van der Waals surface area contributed by atoms with Crippen LogP contribution >= 0.6 is 11.6 Å². The summed E-state index contributed by atoms with van der Waals surface area (Å²) in [6.07, 6.45) is -2.01. The van der Waals surface area contributed by atoms with Crippen LogP contribution in [-0.4, -0.2) is 88.5 Å². The van der Waals surface area contributed by atoms with Crippen LogP contribution in [0.2, 0.25) is 5.02 Å². The first-order valence-corrected chi connectivity index (χ1v) is 16.6. The maximum Gasteiger partial charge on any atom is 0.407 e. The highest BCUT2D eigenvalue weighted by Crippen LogP contribution is 2.45. The Labute approximate surface area is 285 Å². The molecule has 0 radical (unpaired) electrons. The lowest BCUT2D eigenvalue weighted by molar-refractivity contribution is -0.145. The fourth-order valence-corrected chi connectivity index (χ4v) is 6.48. The van der Waals surface area contributed by atoms with E-state index in [1.54, 1.807) is 37.3 Å². The van der Waals surface area contributed by atoms with Crippen molar-refractivity contribution >= 4 is 46.4 Å². The lowest BCUT2D eigenvalue weighted by Gasteiger charge is -2.27. The molecule has 5 atom stereocenters. The van der Waals surface area contributed by atoms with Gasteiger partial charge in [-0.2, -0.15) is 13.2 Å². The second-order valence-electron chi connectivity index (χ2n) is 12.4. The average Bonchev–Trinajstić information content (AvgIpc) is 3.55. The van der Waals surface area contributed by atoms with Gasteiger partial charge in [-0.3, -0.25) is 9.59 Å². The van der Waals surface area contributed by atoms with Crippen molar-refractivity contribution in [3.05, 3.63) is 41.4 Å². The van der Waals surface area contributed by atoms with E-state index in [1.807, 2.05) is 6.08 Å². The van der Waals surface area contributed by atoms with E-state index in [0.717, 1.165) is 0 Å². The Morgan fingerprint density at radius 3 is 2.78 bits per heavy atom. The zero-order valence-corrected chi connectivity index (χ0v) is 27.5. The van der Waals surface area contributed by atoms with Gasteiger partial charge >= 0.3 is 18.2 Å². The number of carboxylic acids is 1. The summed E-state index contributed by atoms with van der Waals surface area (Å²) >= 11 is 6.42. The van der Waals surface area contributed by atoms with Crippen LogP contribution in [0.5, 0.6) is 11.6 Å². The van der Waals surface area contributed by atoms with Gasteiger partial charge in [-0.1, -0.05) is 36.2 Å². The minimum Gasteiger partial charge on any atom is -0.488 e. The van der Waals surface area contributed by atoms with Crippen LogP contribution in [0.4, 0.5) is 18.0 Å². The predicted molar refractivity (Wildman–Crippen MR) is 170 cm³/mol. The molecule has 2 aromatic rings. The Kier molecular flexibility index (Phi) is 11.1. The molecule has 1 aliphatic carbocycles. The lowest BCUT2D eigenvalue weighted by Crippen LogP contribution is -2.53. The highest BCUT2D eigenvalue weighted by molar-refractivity contribution is 6.35. The van der Waals surface area contributed by atoms with E-state index in [2.05, 4.69) is 15.6 Å². The summed E-state index contributed by atoms with van der Waals surface area (Å²) in [5.41, 5.74) is -1.07. The van der Waals surface area contributed by atoms with E-state index in [1.165, 1.54) is 4.90 Å². The summed E-state index contributed by atoms with van der Waals surface area (Å²) in [5.74, 6) is -2.20. The Morgan fingerprint density at radius 1 is 1.24 bits per heavy atom. The summed E-state index contributed by atoms with van der Waals surface area (Å²) in [4.78, 5) is 58.2. The first kappa shape index (κ1) is 36.0. The molecule has 3 aliphatic rings. The van der Waals surface area contributed by atoms with E-state index in [0.29, 0.717) is 54.0 Å².